The van der Waals surface area contributed by atoms with Gasteiger partial charge in [0, 0.05) is 12.1 Å². The van der Waals surface area contributed by atoms with Gasteiger partial charge in [-0.05, 0) is 39.7 Å². The molecular formula is C10H16N2. The zero-order valence-corrected chi connectivity index (χ0v) is 8.04. The molecule has 0 atom stereocenters. The Bertz CT molecular complexity index is 276. The van der Waals surface area contributed by atoms with Gasteiger partial charge < -0.3 is 0 Å². The first-order valence-corrected chi connectivity index (χ1v) is 4.63. The van der Waals surface area contributed by atoms with Crippen molar-refractivity contribution in [1.29, 1.82) is 0 Å². The lowest BCUT2D eigenvalue weighted by molar-refractivity contribution is 0.353. The van der Waals surface area contributed by atoms with Crippen molar-refractivity contribution in [3.63, 3.8) is 0 Å². The summed E-state index contributed by atoms with van der Waals surface area (Å²) in [4.78, 5) is 0. The van der Waals surface area contributed by atoms with Crippen molar-refractivity contribution >= 4 is 0 Å². The standard InChI is InChI=1S/C10H16N2/c1-10(2,3)12-7-6-9(11-12)8-4-5-8/h6-8H,4-5H2,1-3H3. The van der Waals surface area contributed by atoms with Crippen molar-refractivity contribution in [2.45, 2.75) is 45.1 Å². The fraction of sp³-hybridized carbons (Fsp3) is 0.700. The maximum absolute atomic E-state index is 4.56. The van der Waals surface area contributed by atoms with E-state index < -0.39 is 0 Å². The van der Waals surface area contributed by atoms with E-state index in [0.29, 0.717) is 0 Å². The van der Waals surface area contributed by atoms with E-state index in [1.54, 1.807) is 0 Å². The maximum atomic E-state index is 4.56. The summed E-state index contributed by atoms with van der Waals surface area (Å²) in [5.41, 5.74) is 1.41. The smallest absolute Gasteiger partial charge is 0.0655 e. The Morgan fingerprint density at radius 1 is 1.42 bits per heavy atom. The van der Waals surface area contributed by atoms with Crippen LogP contribution >= 0.6 is 0 Å². The van der Waals surface area contributed by atoms with E-state index in [-0.39, 0.29) is 5.54 Å². The second-order valence-corrected chi connectivity index (χ2v) is 4.63. The van der Waals surface area contributed by atoms with E-state index in [2.05, 4.69) is 42.8 Å². The minimum atomic E-state index is 0.132. The highest BCUT2D eigenvalue weighted by molar-refractivity contribution is 5.12. The van der Waals surface area contributed by atoms with Crippen LogP contribution in [0.1, 0.15) is 45.2 Å². The molecule has 0 aromatic carbocycles. The molecule has 1 aliphatic carbocycles. The zero-order valence-electron chi connectivity index (χ0n) is 8.04. The Labute approximate surface area is 73.6 Å². The molecule has 0 amide bonds. The molecule has 2 rings (SSSR count). The van der Waals surface area contributed by atoms with Gasteiger partial charge in [0.15, 0.2) is 0 Å². The largest absolute Gasteiger partial charge is 0.267 e. The molecule has 1 aliphatic rings. The van der Waals surface area contributed by atoms with Crippen LogP contribution in [-0.4, -0.2) is 9.78 Å². The fourth-order valence-corrected chi connectivity index (χ4v) is 1.31. The lowest BCUT2D eigenvalue weighted by atomic mass is 10.1. The van der Waals surface area contributed by atoms with Crippen molar-refractivity contribution < 1.29 is 0 Å². The van der Waals surface area contributed by atoms with Crippen LogP contribution in [0.5, 0.6) is 0 Å². The molecule has 1 aromatic heterocycles. The first-order chi connectivity index (χ1) is 5.57. The quantitative estimate of drug-likeness (QED) is 0.623. The lowest BCUT2D eigenvalue weighted by Gasteiger charge is -2.18. The van der Waals surface area contributed by atoms with Gasteiger partial charge in [-0.25, -0.2) is 0 Å². The molecule has 1 fully saturated rings. The second-order valence-electron chi connectivity index (χ2n) is 4.63. The number of hydrogen-bond acceptors (Lipinski definition) is 1. The van der Waals surface area contributed by atoms with Gasteiger partial charge in [-0.15, -0.1) is 0 Å². The van der Waals surface area contributed by atoms with Gasteiger partial charge in [0.1, 0.15) is 0 Å². The highest BCUT2D eigenvalue weighted by atomic mass is 15.3. The van der Waals surface area contributed by atoms with Crippen LogP contribution in [0.2, 0.25) is 0 Å². The molecule has 0 spiro atoms. The number of hydrogen-bond donors (Lipinski definition) is 0. The predicted molar refractivity (Wildman–Crippen MR) is 49.2 cm³/mol. The number of nitrogens with zero attached hydrogens (tertiary/aromatic N) is 2. The Morgan fingerprint density at radius 3 is 2.50 bits per heavy atom. The van der Waals surface area contributed by atoms with Crippen LogP contribution < -0.4 is 0 Å². The summed E-state index contributed by atoms with van der Waals surface area (Å²) in [7, 11) is 0. The van der Waals surface area contributed by atoms with Crippen LogP contribution in [0.3, 0.4) is 0 Å². The highest BCUT2D eigenvalue weighted by Crippen LogP contribution is 2.39. The molecule has 0 aliphatic heterocycles. The second kappa shape index (κ2) is 2.35. The monoisotopic (exact) mass is 164 g/mol. The van der Waals surface area contributed by atoms with E-state index in [1.807, 2.05) is 0 Å². The van der Waals surface area contributed by atoms with Gasteiger partial charge in [0.2, 0.25) is 0 Å². The minimum absolute atomic E-state index is 0.132. The summed E-state index contributed by atoms with van der Waals surface area (Å²) >= 11 is 0. The molecule has 1 saturated carbocycles. The van der Waals surface area contributed by atoms with Crippen molar-refractivity contribution in [2.24, 2.45) is 0 Å². The molecule has 2 nitrogen and oxygen atoms in total. The third-order valence-electron chi connectivity index (χ3n) is 2.29. The summed E-state index contributed by atoms with van der Waals surface area (Å²) in [5, 5.41) is 4.56. The van der Waals surface area contributed by atoms with Gasteiger partial charge in [0.05, 0.1) is 11.2 Å². The summed E-state index contributed by atoms with van der Waals surface area (Å²) in [6.45, 7) is 6.53. The number of rotatable bonds is 1. The summed E-state index contributed by atoms with van der Waals surface area (Å²) in [5.74, 6) is 0.772. The third kappa shape index (κ3) is 1.38. The molecule has 0 saturated heterocycles. The van der Waals surface area contributed by atoms with Gasteiger partial charge in [0.25, 0.3) is 0 Å². The molecule has 2 heteroatoms. The third-order valence-corrected chi connectivity index (χ3v) is 2.29. The summed E-state index contributed by atoms with van der Waals surface area (Å²) in [6, 6.07) is 2.16. The zero-order chi connectivity index (χ0) is 8.77. The Balaban J connectivity index is 2.23. The van der Waals surface area contributed by atoms with E-state index in [9.17, 15) is 0 Å². The molecule has 0 unspecified atom stereocenters. The van der Waals surface area contributed by atoms with E-state index in [0.717, 1.165) is 5.92 Å². The van der Waals surface area contributed by atoms with Gasteiger partial charge >= 0.3 is 0 Å². The Hall–Kier alpha value is -0.790. The van der Waals surface area contributed by atoms with Crippen molar-refractivity contribution in [2.75, 3.05) is 0 Å². The Kier molecular flexibility index (Phi) is 1.53. The molecule has 1 heterocycles. The van der Waals surface area contributed by atoms with E-state index in [4.69, 9.17) is 0 Å². The molecular weight excluding hydrogens is 148 g/mol. The van der Waals surface area contributed by atoms with E-state index in [1.165, 1.54) is 18.5 Å². The average molecular weight is 164 g/mol. The molecule has 0 bridgehead atoms. The molecule has 12 heavy (non-hydrogen) atoms. The van der Waals surface area contributed by atoms with E-state index >= 15 is 0 Å². The van der Waals surface area contributed by atoms with Crippen LogP contribution in [0.4, 0.5) is 0 Å². The fourth-order valence-electron chi connectivity index (χ4n) is 1.31. The topological polar surface area (TPSA) is 17.8 Å². The summed E-state index contributed by atoms with van der Waals surface area (Å²) < 4.78 is 2.06. The summed E-state index contributed by atoms with van der Waals surface area (Å²) in [6.07, 6.45) is 4.76. The van der Waals surface area contributed by atoms with Crippen molar-refractivity contribution in [1.82, 2.24) is 9.78 Å². The minimum Gasteiger partial charge on any atom is -0.267 e. The van der Waals surface area contributed by atoms with Crippen LogP contribution in [-0.2, 0) is 5.54 Å². The molecule has 0 N–H and O–H groups in total. The highest BCUT2D eigenvalue weighted by Gasteiger charge is 2.26. The maximum Gasteiger partial charge on any atom is 0.0655 e. The molecule has 0 radical (unpaired) electrons. The normalized spacial score (nSPS) is 18.2. The van der Waals surface area contributed by atoms with Gasteiger partial charge in [-0.1, -0.05) is 0 Å². The van der Waals surface area contributed by atoms with Gasteiger partial charge in [-0.2, -0.15) is 5.10 Å². The first kappa shape index (κ1) is 7.84. The molecule has 66 valence electrons. The van der Waals surface area contributed by atoms with Crippen molar-refractivity contribution in [3.05, 3.63) is 18.0 Å². The van der Waals surface area contributed by atoms with Crippen LogP contribution in [0, 0.1) is 0 Å². The van der Waals surface area contributed by atoms with Crippen molar-refractivity contribution in [3.8, 4) is 0 Å². The molecule has 1 aromatic rings. The van der Waals surface area contributed by atoms with Gasteiger partial charge in [-0.3, -0.25) is 4.68 Å². The predicted octanol–water partition coefficient (Wildman–Crippen LogP) is 2.52. The lowest BCUT2D eigenvalue weighted by Crippen LogP contribution is -2.22. The average Bonchev–Trinajstić information content (AvgIpc) is 2.66. The van der Waals surface area contributed by atoms with Crippen LogP contribution in [0.25, 0.3) is 0 Å². The van der Waals surface area contributed by atoms with Crippen LogP contribution in [0.15, 0.2) is 12.3 Å². The SMILES string of the molecule is CC(C)(C)n1ccc(C2CC2)n1. The first-order valence-electron chi connectivity index (χ1n) is 4.63. The number of aromatic nitrogens is 2. The Morgan fingerprint density at radius 2 is 2.08 bits per heavy atom.